The van der Waals surface area contributed by atoms with E-state index in [0.717, 1.165) is 23.1 Å². The van der Waals surface area contributed by atoms with Gasteiger partial charge in [-0.05, 0) is 34.9 Å². The van der Waals surface area contributed by atoms with Crippen molar-refractivity contribution < 1.29 is 5.11 Å². The minimum Gasteiger partial charge on any atom is -0.382 e. The van der Waals surface area contributed by atoms with Gasteiger partial charge in [0.2, 0.25) is 0 Å². The third kappa shape index (κ3) is 2.19. The lowest BCUT2D eigenvalue weighted by atomic mass is 10.0. The molecule has 1 aliphatic rings. The quantitative estimate of drug-likeness (QED) is 0.896. The Morgan fingerprint density at radius 3 is 2.89 bits per heavy atom. The minimum absolute atomic E-state index is 0.673. The molecule has 1 aliphatic heterocycles. The summed E-state index contributed by atoms with van der Waals surface area (Å²) in [6, 6.07) is 9.66. The Labute approximate surface area is 114 Å². The number of benzene rings is 1. The maximum atomic E-state index is 10.3. The Balaban J connectivity index is 1.95. The molecule has 1 atom stereocenters. The van der Waals surface area contributed by atoms with Gasteiger partial charge in [0.05, 0.1) is 5.69 Å². The van der Waals surface area contributed by atoms with E-state index in [0.29, 0.717) is 5.69 Å². The van der Waals surface area contributed by atoms with Crippen molar-refractivity contribution in [3.63, 3.8) is 0 Å². The Bertz CT molecular complexity index is 586. The highest BCUT2D eigenvalue weighted by Crippen LogP contribution is 2.25. The third-order valence-electron chi connectivity index (χ3n) is 3.18. The molecule has 0 spiro atoms. The summed E-state index contributed by atoms with van der Waals surface area (Å²) in [5, 5.41) is 13.6. The molecule has 0 fully saturated rings. The summed E-state index contributed by atoms with van der Waals surface area (Å²) in [7, 11) is 0. The molecule has 2 aromatic rings. The number of halogens is 1. The fourth-order valence-electron chi connectivity index (χ4n) is 2.20. The van der Waals surface area contributed by atoms with Crippen molar-refractivity contribution in [2.24, 2.45) is 0 Å². The number of hydrogen-bond donors (Lipinski definition) is 2. The highest BCUT2D eigenvalue weighted by molar-refractivity contribution is 9.10. The van der Waals surface area contributed by atoms with E-state index in [1.165, 1.54) is 11.1 Å². The molecule has 0 aliphatic carbocycles. The van der Waals surface area contributed by atoms with E-state index in [4.69, 9.17) is 0 Å². The first kappa shape index (κ1) is 11.8. The molecule has 3 nitrogen and oxygen atoms in total. The Morgan fingerprint density at radius 1 is 1.22 bits per heavy atom. The van der Waals surface area contributed by atoms with Crippen LogP contribution >= 0.6 is 15.9 Å². The van der Waals surface area contributed by atoms with Gasteiger partial charge in [-0.3, -0.25) is 4.98 Å². The molecule has 0 bridgehead atoms. The first-order chi connectivity index (χ1) is 8.74. The zero-order valence-electron chi connectivity index (χ0n) is 9.73. The number of nitrogens with one attached hydrogen (secondary N) is 1. The normalized spacial score (nSPS) is 15.4. The van der Waals surface area contributed by atoms with Crippen LogP contribution in [-0.4, -0.2) is 10.1 Å². The summed E-state index contributed by atoms with van der Waals surface area (Å²) >= 11 is 3.41. The van der Waals surface area contributed by atoms with Crippen LogP contribution in [0.25, 0.3) is 0 Å². The molecule has 0 radical (unpaired) electrons. The van der Waals surface area contributed by atoms with Gasteiger partial charge >= 0.3 is 0 Å². The monoisotopic (exact) mass is 304 g/mol. The Hall–Kier alpha value is -1.23. The van der Waals surface area contributed by atoms with Crippen molar-refractivity contribution in [3.05, 3.63) is 63.4 Å². The van der Waals surface area contributed by atoms with Crippen molar-refractivity contribution in [1.82, 2.24) is 10.3 Å². The van der Waals surface area contributed by atoms with E-state index in [9.17, 15) is 5.11 Å². The summed E-state index contributed by atoms with van der Waals surface area (Å²) < 4.78 is 0.960. The molecule has 1 aromatic heterocycles. The number of aliphatic hydroxyl groups excluding tert-OH is 1. The smallest absolute Gasteiger partial charge is 0.121 e. The first-order valence-electron chi connectivity index (χ1n) is 5.86. The lowest BCUT2D eigenvalue weighted by molar-refractivity contribution is 0.215. The summed E-state index contributed by atoms with van der Waals surface area (Å²) in [4.78, 5) is 4.35. The molecule has 0 saturated carbocycles. The average molecular weight is 305 g/mol. The van der Waals surface area contributed by atoms with Gasteiger partial charge in [-0.15, -0.1) is 0 Å². The maximum absolute atomic E-state index is 10.3. The fraction of sp³-hybridized carbons (Fsp3) is 0.214. The van der Waals surface area contributed by atoms with Crippen LogP contribution in [-0.2, 0) is 13.1 Å². The molecule has 92 valence electrons. The van der Waals surface area contributed by atoms with Crippen molar-refractivity contribution in [2.45, 2.75) is 19.2 Å². The second kappa shape index (κ2) is 4.80. The lowest BCUT2D eigenvalue weighted by Crippen LogP contribution is -2.03. The predicted octanol–water partition coefficient (Wildman–Crippen LogP) is 2.53. The molecular weight excluding hydrogens is 292 g/mol. The van der Waals surface area contributed by atoms with E-state index < -0.39 is 6.10 Å². The molecule has 4 heteroatoms. The summed E-state index contributed by atoms with van der Waals surface area (Å²) in [5.74, 6) is 0. The van der Waals surface area contributed by atoms with Crippen molar-refractivity contribution in [2.75, 3.05) is 0 Å². The summed E-state index contributed by atoms with van der Waals surface area (Å²) in [6.07, 6.45) is 1.18. The van der Waals surface area contributed by atoms with Gasteiger partial charge in [-0.1, -0.05) is 28.1 Å². The molecule has 18 heavy (non-hydrogen) atoms. The summed E-state index contributed by atoms with van der Waals surface area (Å²) in [6.45, 7) is 1.73. The largest absolute Gasteiger partial charge is 0.382 e. The molecule has 1 aromatic carbocycles. The highest BCUT2D eigenvalue weighted by atomic mass is 79.9. The average Bonchev–Trinajstić information content (AvgIpc) is 2.85. The predicted molar refractivity (Wildman–Crippen MR) is 73.0 cm³/mol. The van der Waals surface area contributed by atoms with Gasteiger partial charge in [-0.25, -0.2) is 0 Å². The van der Waals surface area contributed by atoms with Crippen LogP contribution in [0.1, 0.15) is 28.5 Å². The van der Waals surface area contributed by atoms with Gasteiger partial charge in [0.25, 0.3) is 0 Å². The van der Waals surface area contributed by atoms with Crippen LogP contribution in [0.15, 0.2) is 41.0 Å². The fourth-order valence-corrected chi connectivity index (χ4v) is 2.61. The van der Waals surface area contributed by atoms with E-state index in [1.807, 2.05) is 36.5 Å². The second-order valence-electron chi connectivity index (χ2n) is 4.44. The topological polar surface area (TPSA) is 45.2 Å². The second-order valence-corrected chi connectivity index (χ2v) is 5.35. The Kier molecular flexibility index (Phi) is 3.16. The van der Waals surface area contributed by atoms with Crippen LogP contribution < -0.4 is 5.32 Å². The zero-order valence-corrected chi connectivity index (χ0v) is 11.3. The number of fused-ring (bicyclic) bond motifs is 1. The van der Waals surface area contributed by atoms with E-state index in [2.05, 4.69) is 26.2 Å². The van der Waals surface area contributed by atoms with E-state index in [1.54, 1.807) is 0 Å². The van der Waals surface area contributed by atoms with Crippen LogP contribution in [0.4, 0.5) is 0 Å². The number of aliphatic hydroxyl groups is 1. The highest BCUT2D eigenvalue weighted by Gasteiger charge is 2.16. The van der Waals surface area contributed by atoms with Crippen LogP contribution in [0.2, 0.25) is 0 Å². The van der Waals surface area contributed by atoms with Gasteiger partial charge in [0, 0.05) is 23.8 Å². The van der Waals surface area contributed by atoms with Crippen molar-refractivity contribution in [3.8, 4) is 0 Å². The maximum Gasteiger partial charge on any atom is 0.121 e. The van der Waals surface area contributed by atoms with Gasteiger partial charge in [0.15, 0.2) is 0 Å². The van der Waals surface area contributed by atoms with Crippen LogP contribution in [0.3, 0.4) is 0 Å². The molecule has 1 unspecified atom stereocenters. The first-order valence-corrected chi connectivity index (χ1v) is 6.65. The number of pyridine rings is 1. The van der Waals surface area contributed by atoms with Gasteiger partial charge in [0.1, 0.15) is 6.10 Å². The molecule has 0 saturated heterocycles. The Morgan fingerprint density at radius 2 is 2.06 bits per heavy atom. The third-order valence-corrected chi connectivity index (χ3v) is 3.67. The van der Waals surface area contributed by atoms with Gasteiger partial charge in [-0.2, -0.15) is 0 Å². The molecule has 3 rings (SSSR count). The van der Waals surface area contributed by atoms with Crippen molar-refractivity contribution >= 4 is 15.9 Å². The number of hydrogen-bond acceptors (Lipinski definition) is 3. The summed E-state index contributed by atoms with van der Waals surface area (Å²) in [5.41, 5.74) is 4.01. The van der Waals surface area contributed by atoms with E-state index in [-0.39, 0.29) is 0 Å². The zero-order chi connectivity index (χ0) is 12.5. The standard InChI is InChI=1S/C14H13BrN2O/c15-12-3-1-2-9(4-12)14(18)13-5-10-6-16-7-11(10)8-17-13/h1-5,8,14,16,18H,6-7H2. The molecule has 0 amide bonds. The molecule has 2 heterocycles. The number of rotatable bonds is 2. The SMILES string of the molecule is OC(c1cccc(Br)c1)c1cc2c(cn1)CNC2. The van der Waals surface area contributed by atoms with Gasteiger partial charge < -0.3 is 10.4 Å². The van der Waals surface area contributed by atoms with E-state index >= 15 is 0 Å². The van der Waals surface area contributed by atoms with Crippen LogP contribution in [0.5, 0.6) is 0 Å². The lowest BCUT2D eigenvalue weighted by Gasteiger charge is -2.12. The van der Waals surface area contributed by atoms with Crippen molar-refractivity contribution in [1.29, 1.82) is 0 Å². The minimum atomic E-state index is -0.673. The number of aromatic nitrogens is 1. The molecule has 2 N–H and O–H groups in total. The number of nitrogens with zero attached hydrogens (tertiary/aromatic N) is 1. The van der Waals surface area contributed by atoms with Crippen LogP contribution in [0, 0.1) is 0 Å². The molecular formula is C14H13BrN2O.